The van der Waals surface area contributed by atoms with E-state index < -0.39 is 0 Å². The van der Waals surface area contributed by atoms with E-state index in [4.69, 9.17) is 9.90 Å². The van der Waals surface area contributed by atoms with E-state index in [1.165, 1.54) is 0 Å². The number of nitrogens with one attached hydrogen (secondary N) is 1. The maximum atomic E-state index is 12.9. The number of aromatic amines is 1. The standard InChI is InChI=1S/C21H23N3O3.CH2O2/c1-13-8-9-17(20(26)22-13)21(27)23-10-16-11-24(14(2)25)19(18(16)12-23)15-6-4-3-5-7-15;2-1-3/h3-9,16,18-19H,10-12H2,1-2H3,(H,22,26);1H,(H,2,3)/t16-,18-,19-;/m1./s1. The number of rotatable bonds is 2. The molecule has 2 aromatic rings. The van der Waals surface area contributed by atoms with E-state index in [0.717, 1.165) is 11.3 Å². The van der Waals surface area contributed by atoms with Crippen LogP contribution < -0.4 is 5.56 Å². The van der Waals surface area contributed by atoms with Crippen molar-refractivity contribution in [1.82, 2.24) is 14.8 Å². The van der Waals surface area contributed by atoms with E-state index in [2.05, 4.69) is 4.98 Å². The van der Waals surface area contributed by atoms with Crippen molar-refractivity contribution in [1.29, 1.82) is 0 Å². The molecule has 0 unspecified atom stereocenters. The highest BCUT2D eigenvalue weighted by Gasteiger charge is 2.49. The number of carbonyl (C=O) groups excluding carboxylic acids is 2. The van der Waals surface area contributed by atoms with E-state index in [1.54, 1.807) is 30.9 Å². The molecule has 0 saturated carbocycles. The molecule has 2 aliphatic heterocycles. The van der Waals surface area contributed by atoms with Gasteiger partial charge in [-0.3, -0.25) is 19.2 Å². The normalized spacial score (nSPS) is 22.1. The van der Waals surface area contributed by atoms with Gasteiger partial charge in [0.15, 0.2) is 0 Å². The number of pyridine rings is 1. The van der Waals surface area contributed by atoms with Gasteiger partial charge in [0.2, 0.25) is 5.91 Å². The third kappa shape index (κ3) is 4.12. The number of fused-ring (bicyclic) bond motifs is 1. The number of hydrogen-bond acceptors (Lipinski definition) is 4. The minimum absolute atomic E-state index is 0.0252. The number of hydrogen-bond donors (Lipinski definition) is 2. The zero-order valence-electron chi connectivity index (χ0n) is 16.9. The summed E-state index contributed by atoms with van der Waals surface area (Å²) in [6.07, 6.45) is 0. The summed E-state index contributed by atoms with van der Waals surface area (Å²) < 4.78 is 0. The van der Waals surface area contributed by atoms with E-state index in [0.29, 0.717) is 19.6 Å². The monoisotopic (exact) mass is 411 g/mol. The molecule has 30 heavy (non-hydrogen) atoms. The molecule has 2 aliphatic rings. The number of aromatic nitrogens is 1. The number of H-pyrrole nitrogens is 1. The summed E-state index contributed by atoms with van der Waals surface area (Å²) in [6, 6.07) is 13.3. The highest BCUT2D eigenvalue weighted by atomic mass is 16.3. The Morgan fingerprint density at radius 1 is 1.10 bits per heavy atom. The van der Waals surface area contributed by atoms with Crippen LogP contribution >= 0.6 is 0 Å². The number of carbonyl (C=O) groups is 3. The number of benzene rings is 1. The second-order valence-electron chi connectivity index (χ2n) is 7.65. The molecule has 0 bridgehead atoms. The van der Waals surface area contributed by atoms with Gasteiger partial charge in [-0.1, -0.05) is 30.3 Å². The highest BCUT2D eigenvalue weighted by molar-refractivity contribution is 5.94. The molecule has 1 aromatic carbocycles. The minimum atomic E-state index is -0.345. The van der Waals surface area contributed by atoms with Gasteiger partial charge in [-0.05, 0) is 24.6 Å². The molecule has 8 nitrogen and oxygen atoms in total. The van der Waals surface area contributed by atoms with Crippen LogP contribution in [0.4, 0.5) is 0 Å². The van der Waals surface area contributed by atoms with Crippen LogP contribution in [0.15, 0.2) is 47.3 Å². The molecule has 2 fully saturated rings. The SMILES string of the molecule is CC(=O)N1C[C@H]2CN(C(=O)c3ccc(C)[nH]c3=O)C[C@H]2[C@H]1c1ccccc1.O=CO. The summed E-state index contributed by atoms with van der Waals surface area (Å²) in [6.45, 7) is 4.92. The van der Waals surface area contributed by atoms with Crippen LogP contribution in [-0.2, 0) is 9.59 Å². The van der Waals surface area contributed by atoms with Crippen molar-refractivity contribution in [2.24, 2.45) is 11.8 Å². The summed E-state index contributed by atoms with van der Waals surface area (Å²) in [5.74, 6) is 0.246. The van der Waals surface area contributed by atoms with Gasteiger partial charge in [-0.15, -0.1) is 0 Å². The molecule has 0 radical (unpaired) electrons. The van der Waals surface area contributed by atoms with Crippen molar-refractivity contribution in [2.75, 3.05) is 19.6 Å². The van der Waals surface area contributed by atoms with E-state index in [1.807, 2.05) is 35.2 Å². The van der Waals surface area contributed by atoms with Gasteiger partial charge in [0.05, 0.1) is 6.04 Å². The molecule has 0 aliphatic carbocycles. The van der Waals surface area contributed by atoms with Gasteiger partial charge in [0.25, 0.3) is 17.9 Å². The summed E-state index contributed by atoms with van der Waals surface area (Å²) in [5, 5.41) is 6.89. The largest absolute Gasteiger partial charge is 0.483 e. The van der Waals surface area contributed by atoms with Gasteiger partial charge in [0, 0.05) is 44.1 Å². The number of likely N-dealkylation sites (tertiary alicyclic amines) is 2. The first-order chi connectivity index (χ1) is 14.4. The number of nitrogens with zero attached hydrogens (tertiary/aromatic N) is 2. The number of carboxylic acid groups (broad SMARTS) is 1. The smallest absolute Gasteiger partial charge is 0.290 e. The van der Waals surface area contributed by atoms with Crippen LogP contribution in [-0.4, -0.2) is 57.8 Å². The van der Waals surface area contributed by atoms with Crippen LogP contribution in [0.3, 0.4) is 0 Å². The fourth-order valence-electron chi connectivity index (χ4n) is 4.52. The van der Waals surface area contributed by atoms with Crippen LogP contribution in [0, 0.1) is 18.8 Å². The Morgan fingerprint density at radius 2 is 1.77 bits per heavy atom. The van der Waals surface area contributed by atoms with Crippen molar-refractivity contribution < 1.29 is 19.5 Å². The second-order valence-corrected chi connectivity index (χ2v) is 7.65. The van der Waals surface area contributed by atoms with Gasteiger partial charge in [-0.25, -0.2) is 0 Å². The van der Waals surface area contributed by atoms with Crippen LogP contribution in [0.2, 0.25) is 0 Å². The Bertz CT molecular complexity index is 988. The third-order valence-electron chi connectivity index (χ3n) is 5.78. The summed E-state index contributed by atoms with van der Waals surface area (Å²) in [4.78, 5) is 52.0. The highest BCUT2D eigenvalue weighted by Crippen LogP contribution is 2.45. The van der Waals surface area contributed by atoms with E-state index >= 15 is 0 Å². The molecule has 3 atom stereocenters. The fraction of sp³-hybridized carbons (Fsp3) is 0.364. The maximum Gasteiger partial charge on any atom is 0.290 e. The van der Waals surface area contributed by atoms with E-state index in [9.17, 15) is 14.4 Å². The molecule has 8 heteroatoms. The number of aryl methyl sites for hydroxylation is 1. The summed E-state index contributed by atoms with van der Waals surface area (Å²) in [5.41, 5.74) is 1.67. The lowest BCUT2D eigenvalue weighted by Gasteiger charge is -2.29. The lowest BCUT2D eigenvalue weighted by atomic mass is 9.89. The first-order valence-electron chi connectivity index (χ1n) is 9.76. The molecule has 1 aromatic heterocycles. The van der Waals surface area contributed by atoms with Gasteiger partial charge in [-0.2, -0.15) is 0 Å². The zero-order valence-corrected chi connectivity index (χ0v) is 16.9. The van der Waals surface area contributed by atoms with Crippen molar-refractivity contribution >= 4 is 18.3 Å². The van der Waals surface area contributed by atoms with Crippen LogP contribution in [0.1, 0.15) is 34.6 Å². The summed E-state index contributed by atoms with van der Waals surface area (Å²) in [7, 11) is 0. The molecule has 4 rings (SSSR count). The third-order valence-corrected chi connectivity index (χ3v) is 5.78. The lowest BCUT2D eigenvalue weighted by Crippen LogP contribution is -2.38. The second kappa shape index (κ2) is 8.94. The van der Waals surface area contributed by atoms with E-state index in [-0.39, 0.29) is 47.3 Å². The van der Waals surface area contributed by atoms with Crippen molar-refractivity contribution in [3.63, 3.8) is 0 Å². The van der Waals surface area contributed by atoms with Crippen molar-refractivity contribution in [2.45, 2.75) is 19.9 Å². The Hall–Kier alpha value is -3.42. The predicted molar refractivity (Wildman–Crippen MR) is 110 cm³/mol. The van der Waals surface area contributed by atoms with Crippen LogP contribution in [0.25, 0.3) is 0 Å². The molecule has 0 spiro atoms. The van der Waals surface area contributed by atoms with Gasteiger partial charge < -0.3 is 19.9 Å². The Morgan fingerprint density at radius 3 is 2.37 bits per heavy atom. The lowest BCUT2D eigenvalue weighted by molar-refractivity contribution is -0.130. The van der Waals surface area contributed by atoms with Gasteiger partial charge >= 0.3 is 0 Å². The van der Waals surface area contributed by atoms with Crippen molar-refractivity contribution in [3.05, 3.63) is 69.6 Å². The van der Waals surface area contributed by atoms with Gasteiger partial charge in [0.1, 0.15) is 5.56 Å². The molecule has 3 heterocycles. The molecular formula is C22H25N3O5. The first-order valence-corrected chi connectivity index (χ1v) is 9.76. The Balaban J connectivity index is 0.000000806. The number of amides is 2. The summed E-state index contributed by atoms with van der Waals surface area (Å²) >= 11 is 0. The molecule has 2 saturated heterocycles. The van der Waals surface area contributed by atoms with Crippen LogP contribution in [0.5, 0.6) is 0 Å². The quantitative estimate of drug-likeness (QED) is 0.731. The molecule has 2 N–H and O–H groups in total. The zero-order chi connectivity index (χ0) is 21.8. The molecule has 2 amide bonds. The topological polar surface area (TPSA) is 111 Å². The Kier molecular flexibility index (Phi) is 6.34. The minimum Gasteiger partial charge on any atom is -0.483 e. The average Bonchev–Trinajstić information content (AvgIpc) is 3.27. The predicted octanol–water partition coefficient (Wildman–Crippen LogP) is 1.68. The average molecular weight is 411 g/mol. The molecule has 158 valence electrons. The maximum absolute atomic E-state index is 12.9. The Labute approximate surface area is 174 Å². The first kappa shape index (κ1) is 21.3. The van der Waals surface area contributed by atoms with Crippen molar-refractivity contribution in [3.8, 4) is 0 Å². The molecular weight excluding hydrogens is 386 g/mol. The fourth-order valence-corrected chi connectivity index (χ4v) is 4.52.